The van der Waals surface area contributed by atoms with E-state index in [0.717, 1.165) is 42.6 Å². The highest BCUT2D eigenvalue weighted by atomic mass is 19.1. The van der Waals surface area contributed by atoms with Crippen molar-refractivity contribution in [2.45, 2.75) is 38.3 Å². The number of hydrogen-bond acceptors (Lipinski definition) is 5. The maximum Gasteiger partial charge on any atom is 0.233 e. The Balaban J connectivity index is 1.53. The fraction of sp³-hybridized carbons (Fsp3) is 0.389. The van der Waals surface area contributed by atoms with Crippen LogP contribution in [-0.4, -0.2) is 48.3 Å². The number of nitrogens with one attached hydrogen (secondary N) is 1. The second-order valence-corrected chi connectivity index (χ2v) is 6.78. The van der Waals surface area contributed by atoms with E-state index in [1.807, 2.05) is 0 Å². The first-order chi connectivity index (χ1) is 13.1. The number of amides is 1. The van der Waals surface area contributed by atoms with Crippen LogP contribution in [0.25, 0.3) is 11.3 Å². The maximum atomic E-state index is 13.2. The molecular formula is C18H20FN7O. The number of carbonyl (C=O) groups is 1. The predicted octanol–water partition coefficient (Wildman–Crippen LogP) is 2.13. The summed E-state index contributed by atoms with van der Waals surface area (Å²) in [6.07, 6.45) is 4.34. The number of hydrogen-bond donors (Lipinski definition) is 1. The van der Waals surface area contributed by atoms with Gasteiger partial charge in [-0.25, -0.2) is 9.07 Å². The van der Waals surface area contributed by atoms with Crippen LogP contribution in [0.4, 0.5) is 4.39 Å². The first-order valence-corrected chi connectivity index (χ1v) is 8.92. The number of aromatic nitrogens is 6. The average molecular weight is 369 g/mol. The first kappa shape index (κ1) is 17.3. The molecule has 0 saturated carbocycles. The molecule has 1 aliphatic rings. The molecule has 4 rings (SSSR count). The number of H-pyrrole nitrogens is 1. The van der Waals surface area contributed by atoms with Gasteiger partial charge in [-0.1, -0.05) is 6.42 Å². The van der Waals surface area contributed by atoms with Crippen molar-refractivity contribution >= 4 is 5.91 Å². The third-order valence-electron chi connectivity index (χ3n) is 4.92. The number of aryl methyl sites for hydroxylation is 1. The molecule has 1 N–H and O–H groups in total. The van der Waals surface area contributed by atoms with Gasteiger partial charge in [0.15, 0.2) is 5.82 Å². The molecule has 0 fully saturated rings. The van der Waals surface area contributed by atoms with Gasteiger partial charge in [-0.3, -0.25) is 9.89 Å². The van der Waals surface area contributed by atoms with E-state index < -0.39 is 0 Å². The zero-order valence-electron chi connectivity index (χ0n) is 15.0. The van der Waals surface area contributed by atoms with E-state index in [-0.39, 0.29) is 17.6 Å². The lowest BCUT2D eigenvalue weighted by Gasteiger charge is -2.22. The molecule has 0 saturated heterocycles. The molecule has 0 unspecified atom stereocenters. The van der Waals surface area contributed by atoms with E-state index in [0.29, 0.717) is 12.4 Å². The van der Waals surface area contributed by atoms with E-state index in [1.165, 1.54) is 12.1 Å². The molecule has 27 heavy (non-hydrogen) atoms. The van der Waals surface area contributed by atoms with E-state index in [1.54, 1.807) is 35.0 Å². The Bertz CT molecular complexity index is 933. The Kier molecular flexibility index (Phi) is 4.66. The molecule has 0 bridgehead atoms. The summed E-state index contributed by atoms with van der Waals surface area (Å²) in [6.45, 7) is 1.13. The highest BCUT2D eigenvalue weighted by molar-refractivity contribution is 5.82. The highest BCUT2D eigenvalue weighted by Crippen LogP contribution is 2.27. The van der Waals surface area contributed by atoms with Gasteiger partial charge in [0.25, 0.3) is 0 Å². The van der Waals surface area contributed by atoms with Crippen molar-refractivity contribution < 1.29 is 9.18 Å². The summed E-state index contributed by atoms with van der Waals surface area (Å²) in [5, 5.41) is 18.8. The number of carbonyl (C=O) groups excluding carboxylic acids is 1. The van der Waals surface area contributed by atoms with Crippen molar-refractivity contribution in [1.29, 1.82) is 0 Å². The zero-order chi connectivity index (χ0) is 18.8. The predicted molar refractivity (Wildman–Crippen MR) is 94.9 cm³/mol. The molecule has 2 aromatic heterocycles. The fourth-order valence-corrected chi connectivity index (χ4v) is 3.49. The van der Waals surface area contributed by atoms with Crippen LogP contribution in [0, 0.1) is 5.82 Å². The van der Waals surface area contributed by atoms with Crippen molar-refractivity contribution in [1.82, 2.24) is 35.3 Å². The van der Waals surface area contributed by atoms with Crippen molar-refractivity contribution in [3.63, 3.8) is 0 Å². The number of nitrogens with zero attached hydrogens (tertiary/aromatic N) is 6. The quantitative estimate of drug-likeness (QED) is 0.760. The lowest BCUT2D eigenvalue weighted by atomic mass is 10.0. The van der Waals surface area contributed by atoms with Gasteiger partial charge in [0, 0.05) is 31.3 Å². The molecule has 0 spiro atoms. The van der Waals surface area contributed by atoms with Gasteiger partial charge in [0.05, 0.1) is 17.8 Å². The molecule has 140 valence electrons. The molecule has 9 heteroatoms. The van der Waals surface area contributed by atoms with Crippen molar-refractivity contribution in [2.24, 2.45) is 0 Å². The molecule has 0 radical (unpaired) electrons. The molecular weight excluding hydrogens is 349 g/mol. The molecule has 1 atom stereocenters. The second-order valence-electron chi connectivity index (χ2n) is 6.78. The number of halogens is 1. The van der Waals surface area contributed by atoms with Crippen molar-refractivity contribution in [3.8, 4) is 11.3 Å². The zero-order valence-corrected chi connectivity index (χ0v) is 15.0. The lowest BCUT2D eigenvalue weighted by Crippen LogP contribution is -2.32. The van der Waals surface area contributed by atoms with Crippen LogP contribution in [0.2, 0.25) is 0 Å². The maximum absolute atomic E-state index is 13.2. The number of aromatic amines is 1. The normalized spacial score (nSPS) is 16.6. The smallest absolute Gasteiger partial charge is 0.233 e. The fourth-order valence-electron chi connectivity index (χ4n) is 3.49. The summed E-state index contributed by atoms with van der Waals surface area (Å²) in [6, 6.07) is 6.18. The van der Waals surface area contributed by atoms with Crippen LogP contribution in [0.5, 0.6) is 0 Å². The third-order valence-corrected chi connectivity index (χ3v) is 4.92. The Hall–Kier alpha value is -3.10. The monoisotopic (exact) mass is 369 g/mol. The van der Waals surface area contributed by atoms with Crippen LogP contribution < -0.4 is 0 Å². The van der Waals surface area contributed by atoms with Crippen molar-refractivity contribution in [3.05, 3.63) is 47.7 Å². The largest absolute Gasteiger partial charge is 0.341 e. The SMILES string of the molecule is CN(Cc1cn[nH]c1-c1ccc(F)cc1)C(=O)[C@H]1CCCCn2nnnc21. The van der Waals surface area contributed by atoms with Gasteiger partial charge >= 0.3 is 0 Å². The molecule has 1 amide bonds. The molecule has 8 nitrogen and oxygen atoms in total. The van der Waals surface area contributed by atoms with Crippen LogP contribution in [-0.2, 0) is 17.9 Å². The van der Waals surface area contributed by atoms with E-state index in [9.17, 15) is 9.18 Å². The average Bonchev–Trinajstić information content (AvgIpc) is 3.27. The standard InChI is InChI=1S/C18H20FN7O/c1-25(18(27)15-4-2-3-9-26-17(15)22-23-24-26)11-13-10-20-21-16(13)12-5-7-14(19)8-6-12/h5-8,10,15H,2-4,9,11H2,1H3,(H,20,21)/t15-/m0/s1. The number of tetrazole rings is 1. The topological polar surface area (TPSA) is 92.6 Å². The minimum Gasteiger partial charge on any atom is -0.341 e. The van der Waals surface area contributed by atoms with Crippen molar-refractivity contribution in [2.75, 3.05) is 7.05 Å². The summed E-state index contributed by atoms with van der Waals surface area (Å²) < 4.78 is 14.9. The van der Waals surface area contributed by atoms with Gasteiger partial charge in [-0.2, -0.15) is 5.10 Å². The number of fused-ring (bicyclic) bond motifs is 1. The summed E-state index contributed by atoms with van der Waals surface area (Å²) >= 11 is 0. The molecule has 1 aliphatic heterocycles. The lowest BCUT2D eigenvalue weighted by molar-refractivity contribution is -0.132. The molecule has 0 aliphatic carbocycles. The van der Waals surface area contributed by atoms with E-state index in [4.69, 9.17) is 0 Å². The summed E-state index contributed by atoms with van der Waals surface area (Å²) in [4.78, 5) is 14.7. The second kappa shape index (κ2) is 7.26. The minimum atomic E-state index is -0.339. The summed E-state index contributed by atoms with van der Waals surface area (Å²) in [7, 11) is 1.77. The third kappa shape index (κ3) is 3.44. The number of likely N-dealkylation sites (N-methyl/N-ethyl adjacent to an activating group) is 1. The number of benzene rings is 1. The minimum absolute atomic E-state index is 0.0146. The Labute approximate surface area is 155 Å². The highest BCUT2D eigenvalue weighted by Gasteiger charge is 2.31. The van der Waals surface area contributed by atoms with Crippen LogP contribution in [0.3, 0.4) is 0 Å². The van der Waals surface area contributed by atoms with Crippen LogP contribution in [0.1, 0.15) is 36.6 Å². The van der Waals surface area contributed by atoms with Crippen LogP contribution in [0.15, 0.2) is 30.5 Å². The van der Waals surface area contributed by atoms with Gasteiger partial charge < -0.3 is 4.90 Å². The van der Waals surface area contributed by atoms with Gasteiger partial charge in [0.1, 0.15) is 5.82 Å². The van der Waals surface area contributed by atoms with Gasteiger partial charge in [0.2, 0.25) is 5.91 Å². The number of rotatable bonds is 4. The van der Waals surface area contributed by atoms with Gasteiger partial charge in [-0.05, 0) is 47.5 Å². The Morgan fingerprint density at radius 3 is 2.96 bits per heavy atom. The van der Waals surface area contributed by atoms with Gasteiger partial charge in [-0.15, -0.1) is 5.10 Å². The van der Waals surface area contributed by atoms with E-state index in [2.05, 4.69) is 25.7 Å². The Morgan fingerprint density at radius 1 is 1.33 bits per heavy atom. The van der Waals surface area contributed by atoms with Crippen LogP contribution >= 0.6 is 0 Å². The summed E-state index contributed by atoms with van der Waals surface area (Å²) in [5.74, 6) is -0.0126. The summed E-state index contributed by atoms with van der Waals surface area (Å²) in [5.41, 5.74) is 2.47. The molecule has 1 aromatic carbocycles. The Morgan fingerprint density at radius 2 is 2.15 bits per heavy atom. The van der Waals surface area contributed by atoms with E-state index >= 15 is 0 Å². The molecule has 3 heterocycles. The first-order valence-electron chi connectivity index (χ1n) is 8.92. The molecule has 3 aromatic rings.